The topological polar surface area (TPSA) is 38.3 Å². The van der Waals surface area contributed by atoms with Crippen LogP contribution in [0.1, 0.15) is 48.8 Å². The normalized spacial score (nSPS) is 13.9. The number of rotatable bonds is 4. The molecule has 3 heteroatoms. The molecule has 4 rings (SSSR count). The van der Waals surface area contributed by atoms with Gasteiger partial charge in [0.1, 0.15) is 11.5 Å². The highest BCUT2D eigenvalue weighted by Crippen LogP contribution is 2.44. The molecule has 0 spiro atoms. The van der Waals surface area contributed by atoms with Crippen molar-refractivity contribution in [3.05, 3.63) is 89.5 Å². The van der Waals surface area contributed by atoms with Gasteiger partial charge in [0, 0.05) is 16.8 Å². The van der Waals surface area contributed by atoms with Crippen LogP contribution >= 0.6 is 0 Å². The summed E-state index contributed by atoms with van der Waals surface area (Å²) >= 11 is 0. The number of hydrogen-bond acceptors (Lipinski definition) is 2. The predicted molar refractivity (Wildman–Crippen MR) is 109 cm³/mol. The average molecular weight is 357 g/mol. The maximum absolute atomic E-state index is 13.4. The van der Waals surface area contributed by atoms with Crippen LogP contribution in [0.2, 0.25) is 0 Å². The molecule has 136 valence electrons. The van der Waals surface area contributed by atoms with Crippen LogP contribution in [0.3, 0.4) is 0 Å². The molecule has 1 aliphatic rings. The molecule has 1 N–H and O–H groups in total. The van der Waals surface area contributed by atoms with E-state index in [1.165, 1.54) is 5.56 Å². The molecule has 0 aromatic heterocycles. The number of fused-ring (bicyclic) bond motifs is 2. The Balaban J connectivity index is 1.73. The molecule has 1 aliphatic heterocycles. The quantitative estimate of drug-likeness (QED) is 0.615. The average Bonchev–Trinajstić information content (AvgIpc) is 2.71. The molecule has 3 nitrogen and oxygen atoms in total. The lowest BCUT2D eigenvalue weighted by molar-refractivity contribution is -0.116. The van der Waals surface area contributed by atoms with Crippen LogP contribution in [0.25, 0.3) is 0 Å². The fraction of sp³-hybridized carbons (Fsp3) is 0.208. The van der Waals surface area contributed by atoms with Crippen molar-refractivity contribution in [2.24, 2.45) is 0 Å². The summed E-state index contributed by atoms with van der Waals surface area (Å²) in [5.41, 5.74) is 3.85. The number of carbonyl (C=O) groups excluding carboxylic acids is 1. The third kappa shape index (κ3) is 3.21. The van der Waals surface area contributed by atoms with Crippen molar-refractivity contribution in [1.82, 2.24) is 0 Å². The van der Waals surface area contributed by atoms with Crippen LogP contribution in [-0.2, 0) is 4.79 Å². The number of nitrogens with one attached hydrogen (secondary N) is 1. The minimum absolute atomic E-state index is 0.0334. The lowest BCUT2D eigenvalue weighted by Crippen LogP contribution is -2.25. The third-order valence-electron chi connectivity index (χ3n) is 5.30. The van der Waals surface area contributed by atoms with Gasteiger partial charge in [-0.15, -0.1) is 0 Å². The second-order valence-corrected chi connectivity index (χ2v) is 7.00. The molecule has 0 saturated heterocycles. The summed E-state index contributed by atoms with van der Waals surface area (Å²) in [4.78, 5) is 13.4. The summed E-state index contributed by atoms with van der Waals surface area (Å²) in [5.74, 6) is 1.44. The Morgan fingerprint density at radius 3 is 2.11 bits per heavy atom. The number of ether oxygens (including phenoxy) is 1. The summed E-state index contributed by atoms with van der Waals surface area (Å²) in [6, 6.07) is 23.6. The lowest BCUT2D eigenvalue weighted by atomic mass is 9.87. The zero-order valence-corrected chi connectivity index (χ0v) is 15.6. The van der Waals surface area contributed by atoms with Crippen molar-refractivity contribution in [2.75, 3.05) is 5.32 Å². The van der Waals surface area contributed by atoms with Crippen LogP contribution in [-0.4, -0.2) is 5.91 Å². The Kier molecular flexibility index (Phi) is 4.68. The molecule has 1 heterocycles. The molecule has 0 radical (unpaired) electrons. The summed E-state index contributed by atoms with van der Waals surface area (Å²) in [6.45, 7) is 4.35. The molecule has 1 atom stereocenters. The van der Waals surface area contributed by atoms with Gasteiger partial charge in [0.15, 0.2) is 0 Å². The van der Waals surface area contributed by atoms with E-state index in [1.54, 1.807) is 0 Å². The van der Waals surface area contributed by atoms with Gasteiger partial charge in [-0.05, 0) is 36.1 Å². The molecule has 3 aromatic carbocycles. The Hall–Kier alpha value is -3.07. The summed E-state index contributed by atoms with van der Waals surface area (Å²) in [5, 5.41) is 3.18. The number of anilines is 1. The van der Waals surface area contributed by atoms with Gasteiger partial charge in [-0.3, -0.25) is 4.79 Å². The number of amides is 1. The molecule has 3 aromatic rings. The van der Waals surface area contributed by atoms with Gasteiger partial charge < -0.3 is 10.1 Å². The zero-order valence-electron chi connectivity index (χ0n) is 15.6. The summed E-state index contributed by atoms with van der Waals surface area (Å²) in [7, 11) is 0. The van der Waals surface area contributed by atoms with Gasteiger partial charge in [0.25, 0.3) is 0 Å². The molecule has 0 bridgehead atoms. The molecule has 0 saturated carbocycles. The highest BCUT2D eigenvalue weighted by atomic mass is 16.5. The van der Waals surface area contributed by atoms with E-state index >= 15 is 0 Å². The Bertz CT molecular complexity index is 934. The second kappa shape index (κ2) is 7.28. The smallest absolute Gasteiger partial charge is 0.236 e. The van der Waals surface area contributed by atoms with E-state index in [0.717, 1.165) is 34.7 Å². The number of hydrogen-bond donors (Lipinski definition) is 1. The van der Waals surface area contributed by atoms with E-state index < -0.39 is 5.92 Å². The van der Waals surface area contributed by atoms with E-state index in [4.69, 9.17) is 4.74 Å². The summed E-state index contributed by atoms with van der Waals surface area (Å²) in [6.07, 6.45) is 1.02. The largest absolute Gasteiger partial charge is 0.457 e. The number of para-hydroxylation sites is 3. The predicted octanol–water partition coefficient (Wildman–Crippen LogP) is 6.08. The third-order valence-corrected chi connectivity index (χ3v) is 5.30. The molecular formula is C24H23NO2. The van der Waals surface area contributed by atoms with Crippen LogP contribution in [0, 0.1) is 0 Å². The van der Waals surface area contributed by atoms with Crippen molar-refractivity contribution >= 4 is 11.6 Å². The fourth-order valence-corrected chi connectivity index (χ4v) is 3.66. The summed E-state index contributed by atoms with van der Waals surface area (Å²) < 4.78 is 6.01. The fourth-order valence-electron chi connectivity index (χ4n) is 3.66. The van der Waals surface area contributed by atoms with Crippen molar-refractivity contribution in [2.45, 2.75) is 32.1 Å². The minimum Gasteiger partial charge on any atom is -0.457 e. The van der Waals surface area contributed by atoms with Crippen molar-refractivity contribution in [1.29, 1.82) is 0 Å². The first kappa shape index (κ1) is 17.3. The highest BCUT2D eigenvalue weighted by Gasteiger charge is 2.32. The Labute approximate surface area is 160 Å². The van der Waals surface area contributed by atoms with Crippen molar-refractivity contribution in [3.8, 4) is 11.5 Å². The molecule has 0 fully saturated rings. The van der Waals surface area contributed by atoms with Crippen LogP contribution < -0.4 is 10.1 Å². The highest BCUT2D eigenvalue weighted by molar-refractivity contribution is 6.00. The number of carbonyl (C=O) groups is 1. The standard InChI is InChI=1S/C24H23NO2/c1-3-16(2)17-10-4-7-13-20(17)25-24(26)23-18-11-5-8-14-21(18)27-22-15-9-6-12-19(22)23/h4-16,23H,3H2,1-2H3,(H,25,26). The van der Waals surface area contributed by atoms with Crippen LogP contribution in [0.5, 0.6) is 11.5 Å². The van der Waals surface area contributed by atoms with Gasteiger partial charge in [-0.1, -0.05) is 68.4 Å². The number of benzene rings is 3. The molecular weight excluding hydrogens is 334 g/mol. The van der Waals surface area contributed by atoms with Gasteiger partial charge >= 0.3 is 0 Å². The maximum Gasteiger partial charge on any atom is 0.236 e. The molecule has 27 heavy (non-hydrogen) atoms. The van der Waals surface area contributed by atoms with E-state index in [-0.39, 0.29) is 5.91 Å². The van der Waals surface area contributed by atoms with Gasteiger partial charge in [-0.25, -0.2) is 0 Å². The van der Waals surface area contributed by atoms with Crippen LogP contribution in [0.15, 0.2) is 72.8 Å². The zero-order chi connectivity index (χ0) is 18.8. The molecule has 1 unspecified atom stereocenters. The van der Waals surface area contributed by atoms with E-state index in [0.29, 0.717) is 5.92 Å². The van der Waals surface area contributed by atoms with E-state index in [1.807, 2.05) is 66.7 Å². The first-order valence-electron chi connectivity index (χ1n) is 9.44. The van der Waals surface area contributed by atoms with Crippen molar-refractivity contribution in [3.63, 3.8) is 0 Å². The second-order valence-electron chi connectivity index (χ2n) is 7.00. The SMILES string of the molecule is CCC(C)c1ccccc1NC(=O)C1c2ccccc2Oc2ccccc21. The minimum atomic E-state index is -0.392. The van der Waals surface area contributed by atoms with Gasteiger partial charge in [-0.2, -0.15) is 0 Å². The van der Waals surface area contributed by atoms with Crippen LogP contribution in [0.4, 0.5) is 5.69 Å². The van der Waals surface area contributed by atoms with Gasteiger partial charge in [0.05, 0.1) is 5.92 Å². The van der Waals surface area contributed by atoms with Gasteiger partial charge in [0.2, 0.25) is 5.91 Å². The maximum atomic E-state index is 13.4. The Morgan fingerprint density at radius 2 is 1.48 bits per heavy atom. The molecule has 0 aliphatic carbocycles. The Morgan fingerprint density at radius 1 is 0.926 bits per heavy atom. The monoisotopic (exact) mass is 357 g/mol. The van der Waals surface area contributed by atoms with Crippen molar-refractivity contribution < 1.29 is 9.53 Å². The molecule has 1 amide bonds. The first-order valence-corrected chi connectivity index (χ1v) is 9.44. The lowest BCUT2D eigenvalue weighted by Gasteiger charge is -2.28. The van der Waals surface area contributed by atoms with E-state index in [9.17, 15) is 4.79 Å². The first-order chi connectivity index (χ1) is 13.2. The van der Waals surface area contributed by atoms with E-state index in [2.05, 4.69) is 25.2 Å².